The van der Waals surface area contributed by atoms with E-state index in [1.165, 1.54) is 0 Å². The molecule has 4 heteroatoms. The molecule has 1 amide bonds. The summed E-state index contributed by atoms with van der Waals surface area (Å²) in [5.41, 5.74) is 0. The summed E-state index contributed by atoms with van der Waals surface area (Å²) in [6.07, 6.45) is 3.37. The van der Waals surface area contributed by atoms with Gasteiger partial charge in [-0.1, -0.05) is 22.6 Å². The minimum Gasteiger partial charge on any atom is -0.376 e. The van der Waals surface area contributed by atoms with E-state index in [0.717, 1.165) is 0 Å². The van der Waals surface area contributed by atoms with Gasteiger partial charge in [0.2, 0.25) is 5.91 Å². The third kappa shape index (κ3) is 1.49. The Bertz CT molecular complexity index is 169. The van der Waals surface area contributed by atoms with Crippen molar-refractivity contribution in [1.29, 1.82) is 0 Å². The Morgan fingerprint density at radius 3 is 3.00 bits per heavy atom. The van der Waals surface area contributed by atoms with Gasteiger partial charge in [-0.05, 0) is 6.08 Å². The van der Waals surface area contributed by atoms with Crippen molar-refractivity contribution >= 4 is 28.5 Å². The second-order valence-electron chi connectivity index (χ2n) is 1.97. The summed E-state index contributed by atoms with van der Waals surface area (Å²) in [7, 11) is 1.60. The van der Waals surface area contributed by atoms with Crippen LogP contribution in [0, 0.1) is 0 Å². The molecule has 0 spiro atoms. The molecule has 1 heterocycles. The average Bonchev–Trinajstić information content (AvgIpc) is 1.95. The summed E-state index contributed by atoms with van der Waals surface area (Å²) in [6, 6.07) is 0. The highest BCUT2D eigenvalue weighted by atomic mass is 127. The van der Waals surface area contributed by atoms with E-state index in [4.69, 9.17) is 4.74 Å². The normalized spacial score (nSPS) is 32.0. The number of hydrogen-bond donors (Lipinski definition) is 1. The van der Waals surface area contributed by atoms with Crippen molar-refractivity contribution in [2.75, 3.05) is 7.11 Å². The largest absolute Gasteiger partial charge is 0.376 e. The number of amides is 1. The number of carbonyl (C=O) groups excluding carboxylic acids is 1. The maximum Gasteiger partial charge on any atom is 0.239 e. The van der Waals surface area contributed by atoms with Crippen molar-refractivity contribution < 1.29 is 9.53 Å². The van der Waals surface area contributed by atoms with Gasteiger partial charge < -0.3 is 10.1 Å². The van der Waals surface area contributed by atoms with E-state index in [9.17, 15) is 4.79 Å². The first-order valence-electron chi connectivity index (χ1n) is 2.89. The third-order valence-corrected chi connectivity index (χ3v) is 2.60. The summed E-state index contributed by atoms with van der Waals surface area (Å²) >= 11 is 2.06. The number of alkyl halides is 1. The number of hydrogen-bond acceptors (Lipinski definition) is 2. The van der Waals surface area contributed by atoms with Gasteiger partial charge in [0, 0.05) is 13.3 Å². The molecule has 0 aliphatic carbocycles. The molecule has 10 heavy (non-hydrogen) atoms. The van der Waals surface area contributed by atoms with E-state index >= 15 is 0 Å². The smallest absolute Gasteiger partial charge is 0.239 e. The first-order valence-corrected chi connectivity index (χ1v) is 4.14. The van der Waals surface area contributed by atoms with Crippen molar-refractivity contribution in [1.82, 2.24) is 5.32 Å². The fourth-order valence-electron chi connectivity index (χ4n) is 0.749. The quantitative estimate of drug-likeness (QED) is 0.544. The number of nitrogens with one attached hydrogen (secondary N) is 1. The van der Waals surface area contributed by atoms with Gasteiger partial charge in [-0.25, -0.2) is 0 Å². The van der Waals surface area contributed by atoms with Crippen LogP contribution in [0.4, 0.5) is 0 Å². The van der Waals surface area contributed by atoms with Crippen LogP contribution in [0.2, 0.25) is 0 Å². The molecule has 2 unspecified atom stereocenters. The maximum absolute atomic E-state index is 10.9. The molecule has 1 aliphatic heterocycles. The van der Waals surface area contributed by atoms with Crippen molar-refractivity contribution in [3.05, 3.63) is 12.3 Å². The molecule has 0 aromatic carbocycles. The second kappa shape index (κ2) is 3.34. The zero-order chi connectivity index (χ0) is 7.56. The molecule has 0 radical (unpaired) electrons. The van der Waals surface area contributed by atoms with E-state index in [-0.39, 0.29) is 15.9 Å². The highest BCUT2D eigenvalue weighted by molar-refractivity contribution is 14.1. The molecule has 2 atom stereocenters. The van der Waals surface area contributed by atoms with Crippen LogP contribution < -0.4 is 5.32 Å². The molecule has 0 fully saturated rings. The average molecular weight is 253 g/mol. The Morgan fingerprint density at radius 2 is 2.50 bits per heavy atom. The van der Waals surface area contributed by atoms with Gasteiger partial charge in [-0.3, -0.25) is 4.79 Å². The second-order valence-corrected chi connectivity index (χ2v) is 3.31. The van der Waals surface area contributed by atoms with Crippen LogP contribution in [0.3, 0.4) is 0 Å². The summed E-state index contributed by atoms with van der Waals surface area (Å²) in [4.78, 5) is 10.9. The van der Waals surface area contributed by atoms with Crippen molar-refractivity contribution in [3.63, 3.8) is 0 Å². The molecule has 1 aliphatic rings. The maximum atomic E-state index is 10.9. The number of ether oxygens (including phenoxy) is 1. The summed E-state index contributed by atoms with van der Waals surface area (Å²) < 4.78 is 4.91. The Morgan fingerprint density at radius 1 is 1.80 bits per heavy atom. The highest BCUT2D eigenvalue weighted by Crippen LogP contribution is 2.13. The zero-order valence-electron chi connectivity index (χ0n) is 5.50. The third-order valence-electron chi connectivity index (χ3n) is 1.32. The Labute approximate surface area is 73.0 Å². The number of rotatable bonds is 1. The summed E-state index contributed by atoms with van der Waals surface area (Å²) in [6.45, 7) is 0. The Kier molecular flexibility index (Phi) is 2.67. The van der Waals surface area contributed by atoms with Gasteiger partial charge in [-0.2, -0.15) is 0 Å². The molecule has 1 N–H and O–H groups in total. The van der Waals surface area contributed by atoms with E-state index in [0.29, 0.717) is 0 Å². The minimum atomic E-state index is -0.104. The monoisotopic (exact) mass is 253 g/mol. The summed E-state index contributed by atoms with van der Waals surface area (Å²) in [5, 5.41) is 2.59. The van der Waals surface area contributed by atoms with E-state index in [2.05, 4.69) is 27.9 Å². The van der Waals surface area contributed by atoms with Crippen LogP contribution in [0.1, 0.15) is 0 Å². The van der Waals surface area contributed by atoms with Gasteiger partial charge in [0.1, 0.15) is 3.92 Å². The SMILES string of the molecule is COC1C=CNC(=O)C1I. The Hall–Kier alpha value is -0.100. The molecule has 0 saturated heterocycles. The van der Waals surface area contributed by atoms with E-state index in [1.54, 1.807) is 13.3 Å². The van der Waals surface area contributed by atoms with Crippen molar-refractivity contribution in [2.24, 2.45) is 0 Å². The van der Waals surface area contributed by atoms with Gasteiger partial charge in [-0.15, -0.1) is 0 Å². The first kappa shape index (κ1) is 8.00. The molecule has 0 aromatic rings. The van der Waals surface area contributed by atoms with Gasteiger partial charge in [0.25, 0.3) is 0 Å². The molecule has 0 aromatic heterocycles. The van der Waals surface area contributed by atoms with Gasteiger partial charge >= 0.3 is 0 Å². The lowest BCUT2D eigenvalue weighted by Gasteiger charge is -2.20. The molecule has 1 rings (SSSR count). The molecule has 0 saturated carbocycles. The topological polar surface area (TPSA) is 38.3 Å². The molecule has 3 nitrogen and oxygen atoms in total. The number of carbonyl (C=O) groups is 1. The van der Waals surface area contributed by atoms with Crippen LogP contribution in [0.5, 0.6) is 0 Å². The van der Waals surface area contributed by atoms with Gasteiger partial charge in [0.05, 0.1) is 6.10 Å². The number of methoxy groups -OCH3 is 1. The minimum absolute atomic E-state index is 0.00921. The van der Waals surface area contributed by atoms with E-state index < -0.39 is 0 Å². The molecular formula is C6H8INO2. The first-order chi connectivity index (χ1) is 4.75. The molecule has 0 bridgehead atoms. The fraction of sp³-hybridized carbons (Fsp3) is 0.500. The predicted molar refractivity (Wildman–Crippen MR) is 45.9 cm³/mol. The van der Waals surface area contributed by atoms with Crippen LogP contribution in [-0.2, 0) is 9.53 Å². The zero-order valence-corrected chi connectivity index (χ0v) is 7.66. The van der Waals surface area contributed by atoms with Crippen LogP contribution in [-0.4, -0.2) is 23.0 Å². The molecular weight excluding hydrogens is 245 g/mol. The van der Waals surface area contributed by atoms with E-state index in [1.807, 2.05) is 6.08 Å². The van der Waals surface area contributed by atoms with Crippen LogP contribution >= 0.6 is 22.6 Å². The number of halogens is 1. The van der Waals surface area contributed by atoms with Crippen molar-refractivity contribution in [2.45, 2.75) is 10.0 Å². The lowest BCUT2D eigenvalue weighted by Crippen LogP contribution is -2.39. The summed E-state index contributed by atoms with van der Waals surface area (Å²) in [5.74, 6) is 0.00921. The lowest BCUT2D eigenvalue weighted by molar-refractivity contribution is -0.121. The fourth-order valence-corrected chi connectivity index (χ4v) is 1.46. The standard InChI is InChI=1S/C6H8INO2/c1-10-4-2-3-8-6(9)5(4)7/h2-5H,1H3,(H,8,9). The van der Waals surface area contributed by atoms with Crippen LogP contribution in [0.15, 0.2) is 12.3 Å². The van der Waals surface area contributed by atoms with Gasteiger partial charge in [0.15, 0.2) is 0 Å². The predicted octanol–water partition coefficient (Wildman–Crippen LogP) is 0.448. The lowest BCUT2D eigenvalue weighted by atomic mass is 10.2. The van der Waals surface area contributed by atoms with Crippen LogP contribution in [0.25, 0.3) is 0 Å². The van der Waals surface area contributed by atoms with Crippen molar-refractivity contribution in [3.8, 4) is 0 Å². The molecule has 56 valence electrons. The Balaban J connectivity index is 2.66. The highest BCUT2D eigenvalue weighted by Gasteiger charge is 2.25.